The van der Waals surface area contributed by atoms with Crippen molar-refractivity contribution in [3.63, 3.8) is 0 Å². The molecule has 0 aliphatic heterocycles. The van der Waals surface area contributed by atoms with Gasteiger partial charge in [-0.1, -0.05) is 54.4 Å². The molecule has 0 bridgehead atoms. The molecule has 0 N–H and O–H groups in total. The maximum absolute atomic E-state index is 5.96. The highest BCUT2D eigenvalue weighted by atomic mass is 16.5. The first-order chi connectivity index (χ1) is 9.17. The molecule has 2 atom stereocenters. The van der Waals surface area contributed by atoms with Gasteiger partial charge < -0.3 is 9.47 Å². The summed E-state index contributed by atoms with van der Waals surface area (Å²) in [5.41, 5.74) is 0.541. The van der Waals surface area contributed by atoms with Gasteiger partial charge in [-0.05, 0) is 35.5 Å². The van der Waals surface area contributed by atoms with Gasteiger partial charge in [0.15, 0.2) is 0 Å². The van der Waals surface area contributed by atoms with Crippen molar-refractivity contribution in [2.75, 3.05) is 26.4 Å². The summed E-state index contributed by atoms with van der Waals surface area (Å²) in [6, 6.07) is 0. The zero-order chi connectivity index (χ0) is 15.2. The molecule has 120 valence electrons. The lowest BCUT2D eigenvalue weighted by Gasteiger charge is -2.33. The number of ether oxygens (including phenoxy) is 2. The van der Waals surface area contributed by atoms with Crippen LogP contribution in [0.25, 0.3) is 0 Å². The Bertz CT molecular complexity index is 232. The van der Waals surface area contributed by atoms with E-state index in [2.05, 4.69) is 41.5 Å². The Hall–Kier alpha value is -0.0800. The van der Waals surface area contributed by atoms with Gasteiger partial charge in [-0.3, -0.25) is 0 Å². The fraction of sp³-hybridized carbons (Fsp3) is 1.00. The quantitative estimate of drug-likeness (QED) is 0.689. The van der Waals surface area contributed by atoms with E-state index in [1.54, 1.807) is 0 Å². The van der Waals surface area contributed by atoms with Crippen LogP contribution >= 0.6 is 0 Å². The van der Waals surface area contributed by atoms with Crippen LogP contribution in [0.3, 0.4) is 0 Å². The maximum atomic E-state index is 5.96. The molecular formula is C18H36O2. The summed E-state index contributed by atoms with van der Waals surface area (Å²) in [5, 5.41) is 0. The fourth-order valence-corrected chi connectivity index (χ4v) is 2.76. The van der Waals surface area contributed by atoms with Crippen molar-refractivity contribution in [1.82, 2.24) is 0 Å². The summed E-state index contributed by atoms with van der Waals surface area (Å²) in [4.78, 5) is 0. The second-order valence-corrected chi connectivity index (χ2v) is 8.96. The molecule has 0 heterocycles. The van der Waals surface area contributed by atoms with E-state index in [1.165, 1.54) is 25.7 Å². The Balaban J connectivity index is 2.30. The zero-order valence-corrected chi connectivity index (χ0v) is 14.6. The van der Waals surface area contributed by atoms with Crippen molar-refractivity contribution in [2.45, 2.75) is 67.2 Å². The number of hydrogen-bond acceptors (Lipinski definition) is 2. The first kappa shape index (κ1) is 18.0. The van der Waals surface area contributed by atoms with Crippen LogP contribution in [0.15, 0.2) is 0 Å². The van der Waals surface area contributed by atoms with Crippen molar-refractivity contribution >= 4 is 0 Å². The SMILES string of the molecule is CC(C)(C)COCC1CCCCC1COCC(C)(C)C. The van der Waals surface area contributed by atoms with Crippen LogP contribution in [0.5, 0.6) is 0 Å². The van der Waals surface area contributed by atoms with E-state index >= 15 is 0 Å². The Morgan fingerprint density at radius 1 is 0.700 bits per heavy atom. The molecule has 1 aliphatic rings. The van der Waals surface area contributed by atoms with Crippen LogP contribution in [0.2, 0.25) is 0 Å². The first-order valence-corrected chi connectivity index (χ1v) is 8.33. The zero-order valence-electron chi connectivity index (χ0n) is 14.6. The van der Waals surface area contributed by atoms with E-state index in [0.29, 0.717) is 11.8 Å². The molecule has 0 aromatic carbocycles. The van der Waals surface area contributed by atoms with E-state index in [-0.39, 0.29) is 10.8 Å². The molecule has 1 saturated carbocycles. The molecule has 1 fully saturated rings. The van der Waals surface area contributed by atoms with E-state index in [4.69, 9.17) is 9.47 Å². The molecule has 0 aromatic rings. The van der Waals surface area contributed by atoms with Gasteiger partial charge in [0.25, 0.3) is 0 Å². The first-order valence-electron chi connectivity index (χ1n) is 8.33. The largest absolute Gasteiger partial charge is 0.381 e. The lowest BCUT2D eigenvalue weighted by molar-refractivity contribution is -0.0165. The summed E-state index contributed by atoms with van der Waals surface area (Å²) < 4.78 is 11.9. The van der Waals surface area contributed by atoms with Gasteiger partial charge in [0, 0.05) is 13.2 Å². The van der Waals surface area contributed by atoms with Gasteiger partial charge in [-0.2, -0.15) is 0 Å². The van der Waals surface area contributed by atoms with Gasteiger partial charge in [-0.25, -0.2) is 0 Å². The van der Waals surface area contributed by atoms with Gasteiger partial charge in [0.2, 0.25) is 0 Å². The maximum Gasteiger partial charge on any atom is 0.0514 e. The summed E-state index contributed by atoms with van der Waals surface area (Å²) >= 11 is 0. The van der Waals surface area contributed by atoms with Crippen LogP contribution in [0, 0.1) is 22.7 Å². The third-order valence-electron chi connectivity index (χ3n) is 3.80. The molecular weight excluding hydrogens is 248 g/mol. The van der Waals surface area contributed by atoms with E-state index < -0.39 is 0 Å². The predicted molar refractivity (Wildman–Crippen MR) is 86.0 cm³/mol. The summed E-state index contributed by atoms with van der Waals surface area (Å²) in [7, 11) is 0. The molecule has 1 aliphatic carbocycles. The van der Waals surface area contributed by atoms with Crippen LogP contribution in [0.1, 0.15) is 67.2 Å². The van der Waals surface area contributed by atoms with Gasteiger partial charge in [0.1, 0.15) is 0 Å². The molecule has 20 heavy (non-hydrogen) atoms. The van der Waals surface area contributed by atoms with Crippen LogP contribution in [-0.4, -0.2) is 26.4 Å². The summed E-state index contributed by atoms with van der Waals surface area (Å²) in [5.74, 6) is 1.40. The number of rotatable bonds is 6. The van der Waals surface area contributed by atoms with Crippen molar-refractivity contribution in [2.24, 2.45) is 22.7 Å². The highest BCUT2D eigenvalue weighted by molar-refractivity contribution is 4.76. The molecule has 2 heteroatoms. The van der Waals surface area contributed by atoms with Crippen LogP contribution < -0.4 is 0 Å². The average molecular weight is 284 g/mol. The molecule has 2 unspecified atom stereocenters. The van der Waals surface area contributed by atoms with Crippen molar-refractivity contribution < 1.29 is 9.47 Å². The second kappa shape index (κ2) is 7.79. The van der Waals surface area contributed by atoms with Gasteiger partial charge in [0.05, 0.1) is 13.2 Å². The summed E-state index contributed by atoms with van der Waals surface area (Å²) in [6.07, 6.45) is 5.35. The van der Waals surface area contributed by atoms with Crippen molar-refractivity contribution in [3.8, 4) is 0 Å². The monoisotopic (exact) mass is 284 g/mol. The summed E-state index contributed by atoms with van der Waals surface area (Å²) in [6.45, 7) is 17.0. The van der Waals surface area contributed by atoms with Crippen LogP contribution in [-0.2, 0) is 9.47 Å². The molecule has 0 radical (unpaired) electrons. The topological polar surface area (TPSA) is 18.5 Å². The van der Waals surface area contributed by atoms with Crippen molar-refractivity contribution in [3.05, 3.63) is 0 Å². The molecule has 0 amide bonds. The Morgan fingerprint density at radius 2 is 1.05 bits per heavy atom. The van der Waals surface area contributed by atoms with Gasteiger partial charge >= 0.3 is 0 Å². The highest BCUT2D eigenvalue weighted by Gasteiger charge is 2.26. The molecule has 0 aromatic heterocycles. The smallest absolute Gasteiger partial charge is 0.0514 e. The highest BCUT2D eigenvalue weighted by Crippen LogP contribution is 2.31. The second-order valence-electron chi connectivity index (χ2n) is 8.96. The third-order valence-corrected chi connectivity index (χ3v) is 3.80. The molecule has 2 nitrogen and oxygen atoms in total. The Labute approximate surface area is 126 Å². The normalized spacial score (nSPS) is 24.9. The standard InChI is InChI=1S/C18H36O2/c1-17(2,3)13-19-11-15-9-7-8-10-16(15)12-20-14-18(4,5)6/h15-16H,7-14H2,1-6H3. The van der Waals surface area contributed by atoms with Crippen molar-refractivity contribution in [1.29, 1.82) is 0 Å². The molecule has 0 saturated heterocycles. The minimum absolute atomic E-state index is 0.271. The molecule has 1 rings (SSSR count). The fourth-order valence-electron chi connectivity index (χ4n) is 2.76. The third kappa shape index (κ3) is 8.26. The lowest BCUT2D eigenvalue weighted by Crippen LogP contribution is -2.30. The minimum atomic E-state index is 0.271. The van der Waals surface area contributed by atoms with E-state index in [9.17, 15) is 0 Å². The number of hydrogen-bond donors (Lipinski definition) is 0. The average Bonchev–Trinajstić information content (AvgIpc) is 2.28. The van der Waals surface area contributed by atoms with Gasteiger partial charge in [-0.15, -0.1) is 0 Å². The molecule has 0 spiro atoms. The predicted octanol–water partition coefficient (Wildman–Crippen LogP) is 4.92. The van der Waals surface area contributed by atoms with E-state index in [1.807, 2.05) is 0 Å². The Kier molecular flexibility index (Phi) is 7.00. The Morgan fingerprint density at radius 3 is 1.35 bits per heavy atom. The minimum Gasteiger partial charge on any atom is -0.381 e. The lowest BCUT2D eigenvalue weighted by atomic mass is 9.80. The van der Waals surface area contributed by atoms with Crippen LogP contribution in [0.4, 0.5) is 0 Å². The van der Waals surface area contributed by atoms with E-state index in [0.717, 1.165) is 26.4 Å².